The first kappa shape index (κ1) is 14.4. The van der Waals surface area contributed by atoms with Crippen LogP contribution in [0.1, 0.15) is 0 Å². The molecule has 2 aromatic rings. The van der Waals surface area contributed by atoms with E-state index in [1.807, 2.05) is 0 Å². The highest BCUT2D eigenvalue weighted by atomic mass is 79.9. The zero-order valence-electron chi connectivity index (χ0n) is 10.0. The molecule has 6 heteroatoms. The van der Waals surface area contributed by atoms with Crippen molar-refractivity contribution in [1.82, 2.24) is 0 Å². The van der Waals surface area contributed by atoms with Crippen molar-refractivity contribution in [3.8, 4) is 0 Å². The molecule has 2 rings (SSSR count). The Labute approximate surface area is 126 Å². The van der Waals surface area contributed by atoms with Crippen molar-refractivity contribution in [3.05, 3.63) is 58.0 Å². The van der Waals surface area contributed by atoms with E-state index in [0.29, 0.717) is 10.7 Å². The van der Waals surface area contributed by atoms with Crippen LogP contribution in [0.3, 0.4) is 0 Å². The molecular weight excluding hydrogens is 350 g/mol. The Balaban J connectivity index is 2.45. The maximum Gasteiger partial charge on any atom is 0.264 e. The van der Waals surface area contributed by atoms with E-state index < -0.39 is 10.0 Å². The second kappa shape index (κ2) is 5.53. The highest BCUT2D eigenvalue weighted by molar-refractivity contribution is 9.10. The van der Waals surface area contributed by atoms with Gasteiger partial charge in [0.25, 0.3) is 10.0 Å². The third-order valence-corrected chi connectivity index (χ3v) is 5.30. The van der Waals surface area contributed by atoms with Crippen LogP contribution in [-0.2, 0) is 10.0 Å². The number of sulfonamides is 1. The fourth-order valence-corrected chi connectivity index (χ4v) is 3.39. The molecule has 0 unspecified atom stereocenters. The molecule has 0 bridgehead atoms. The molecule has 0 aliphatic carbocycles. The minimum Gasteiger partial charge on any atom is -0.268 e. The van der Waals surface area contributed by atoms with Gasteiger partial charge in [-0.15, -0.1) is 0 Å². The maximum absolute atomic E-state index is 12.4. The molecule has 0 saturated carbocycles. The monoisotopic (exact) mass is 359 g/mol. The van der Waals surface area contributed by atoms with E-state index in [4.69, 9.17) is 11.6 Å². The number of para-hydroxylation sites is 1. The van der Waals surface area contributed by atoms with E-state index in [0.717, 1.165) is 4.47 Å². The molecule has 0 radical (unpaired) electrons. The summed E-state index contributed by atoms with van der Waals surface area (Å²) in [6.45, 7) is 0. The Morgan fingerprint density at radius 2 is 1.63 bits per heavy atom. The molecule has 0 aromatic heterocycles. The number of anilines is 1. The van der Waals surface area contributed by atoms with Gasteiger partial charge in [-0.3, -0.25) is 4.31 Å². The molecule has 19 heavy (non-hydrogen) atoms. The van der Waals surface area contributed by atoms with E-state index in [-0.39, 0.29) is 4.90 Å². The van der Waals surface area contributed by atoms with Gasteiger partial charge in [-0.05, 0) is 36.4 Å². The molecule has 0 aliphatic rings. The van der Waals surface area contributed by atoms with Crippen LogP contribution >= 0.6 is 27.5 Å². The summed E-state index contributed by atoms with van der Waals surface area (Å²) >= 11 is 9.30. The van der Waals surface area contributed by atoms with Crippen molar-refractivity contribution < 1.29 is 8.42 Å². The quantitative estimate of drug-likeness (QED) is 0.832. The highest BCUT2D eigenvalue weighted by Gasteiger charge is 2.22. The lowest BCUT2D eigenvalue weighted by atomic mass is 10.3. The lowest BCUT2D eigenvalue weighted by Crippen LogP contribution is -2.26. The molecule has 0 amide bonds. The van der Waals surface area contributed by atoms with E-state index >= 15 is 0 Å². The Hall–Kier alpha value is -1.04. The summed E-state index contributed by atoms with van der Waals surface area (Å²) in [5, 5.41) is 0.394. The van der Waals surface area contributed by atoms with E-state index in [1.165, 1.54) is 11.4 Å². The third kappa shape index (κ3) is 2.94. The third-order valence-electron chi connectivity index (χ3n) is 2.66. The van der Waals surface area contributed by atoms with Gasteiger partial charge in [0.15, 0.2) is 0 Å². The van der Waals surface area contributed by atoms with Crippen LogP contribution in [0.2, 0.25) is 5.02 Å². The number of benzene rings is 2. The van der Waals surface area contributed by atoms with Crippen LogP contribution in [0.15, 0.2) is 57.9 Å². The van der Waals surface area contributed by atoms with Crippen molar-refractivity contribution in [2.24, 2.45) is 0 Å². The predicted molar refractivity (Wildman–Crippen MR) is 81.2 cm³/mol. The Bertz CT molecular complexity index is 686. The fraction of sp³-hybridized carbons (Fsp3) is 0.0769. The van der Waals surface area contributed by atoms with Crippen molar-refractivity contribution in [2.45, 2.75) is 4.90 Å². The lowest BCUT2D eigenvalue weighted by molar-refractivity contribution is 0.594. The van der Waals surface area contributed by atoms with E-state index in [1.54, 1.807) is 48.5 Å². The average molecular weight is 361 g/mol. The van der Waals surface area contributed by atoms with E-state index in [2.05, 4.69) is 15.9 Å². The number of hydrogen-bond acceptors (Lipinski definition) is 2. The lowest BCUT2D eigenvalue weighted by Gasteiger charge is -2.20. The van der Waals surface area contributed by atoms with Gasteiger partial charge in [0.05, 0.1) is 15.6 Å². The highest BCUT2D eigenvalue weighted by Crippen LogP contribution is 2.29. The molecule has 0 N–H and O–H groups in total. The molecule has 3 nitrogen and oxygen atoms in total. The number of halogens is 2. The van der Waals surface area contributed by atoms with Crippen molar-refractivity contribution in [3.63, 3.8) is 0 Å². The minimum absolute atomic E-state index is 0.220. The Morgan fingerprint density at radius 3 is 2.21 bits per heavy atom. The molecule has 100 valence electrons. The van der Waals surface area contributed by atoms with Gasteiger partial charge in [0.1, 0.15) is 0 Å². The summed E-state index contributed by atoms with van der Waals surface area (Å²) in [7, 11) is -2.12. The van der Waals surface area contributed by atoms with Crippen molar-refractivity contribution >= 4 is 43.2 Å². The Kier molecular flexibility index (Phi) is 4.18. The van der Waals surface area contributed by atoms with Gasteiger partial charge in [-0.2, -0.15) is 0 Å². The second-order valence-corrected chi connectivity index (χ2v) is 7.17. The molecule has 0 saturated heterocycles. The van der Waals surface area contributed by atoms with Gasteiger partial charge in [0.2, 0.25) is 0 Å². The van der Waals surface area contributed by atoms with Gasteiger partial charge in [-0.1, -0.05) is 39.7 Å². The largest absolute Gasteiger partial charge is 0.268 e. The zero-order valence-corrected chi connectivity index (χ0v) is 13.2. The summed E-state index contributed by atoms with van der Waals surface area (Å²) in [5.41, 5.74) is 0.451. The van der Waals surface area contributed by atoms with Crippen molar-refractivity contribution in [1.29, 1.82) is 0 Å². The molecular formula is C13H11BrClNO2S. The molecule has 2 aromatic carbocycles. The predicted octanol–water partition coefficient (Wildman–Crippen LogP) is 3.93. The van der Waals surface area contributed by atoms with Crippen LogP contribution in [0.4, 0.5) is 5.69 Å². The van der Waals surface area contributed by atoms with Crippen molar-refractivity contribution in [2.75, 3.05) is 11.4 Å². The van der Waals surface area contributed by atoms with Crippen LogP contribution in [0, 0.1) is 0 Å². The van der Waals surface area contributed by atoms with Crippen LogP contribution in [0.5, 0.6) is 0 Å². The second-order valence-electron chi connectivity index (χ2n) is 3.88. The number of hydrogen-bond donors (Lipinski definition) is 0. The summed E-state index contributed by atoms with van der Waals surface area (Å²) in [5.74, 6) is 0. The first-order valence-electron chi connectivity index (χ1n) is 5.42. The van der Waals surface area contributed by atoms with Gasteiger partial charge < -0.3 is 0 Å². The smallest absolute Gasteiger partial charge is 0.264 e. The normalized spacial score (nSPS) is 11.3. The summed E-state index contributed by atoms with van der Waals surface area (Å²) in [6.07, 6.45) is 0. The molecule has 0 spiro atoms. The number of nitrogens with zero attached hydrogens (tertiary/aromatic N) is 1. The molecule has 0 heterocycles. The first-order chi connectivity index (χ1) is 8.93. The maximum atomic E-state index is 12.4. The topological polar surface area (TPSA) is 37.4 Å². The van der Waals surface area contributed by atoms with E-state index in [9.17, 15) is 8.42 Å². The molecule has 0 aliphatic heterocycles. The number of rotatable bonds is 3. The summed E-state index contributed by atoms with van der Waals surface area (Å²) in [6, 6.07) is 13.3. The standard InChI is InChI=1S/C13H11BrClNO2S/c1-16(13-5-3-2-4-12(13)15)19(17,18)11-8-6-10(14)7-9-11/h2-9H,1H3. The SMILES string of the molecule is CN(c1ccccc1Cl)S(=O)(=O)c1ccc(Br)cc1. The van der Waals surface area contributed by atoms with Gasteiger partial charge in [-0.25, -0.2) is 8.42 Å². The fourth-order valence-electron chi connectivity index (χ4n) is 1.60. The average Bonchev–Trinajstić information content (AvgIpc) is 2.39. The van der Waals surface area contributed by atoms with Gasteiger partial charge in [0, 0.05) is 11.5 Å². The Morgan fingerprint density at radius 1 is 1.05 bits per heavy atom. The summed E-state index contributed by atoms with van der Waals surface area (Å²) in [4.78, 5) is 0.220. The summed E-state index contributed by atoms with van der Waals surface area (Å²) < 4.78 is 26.9. The minimum atomic E-state index is -3.60. The zero-order chi connectivity index (χ0) is 14.0. The van der Waals surface area contributed by atoms with Crippen LogP contribution in [0.25, 0.3) is 0 Å². The van der Waals surface area contributed by atoms with Crippen LogP contribution < -0.4 is 4.31 Å². The molecule has 0 atom stereocenters. The van der Waals surface area contributed by atoms with Gasteiger partial charge >= 0.3 is 0 Å². The first-order valence-corrected chi connectivity index (χ1v) is 8.03. The van der Waals surface area contributed by atoms with Crippen LogP contribution in [-0.4, -0.2) is 15.5 Å². The molecule has 0 fully saturated rings.